The Morgan fingerprint density at radius 2 is 1.76 bits per heavy atom. The van der Waals surface area contributed by atoms with Gasteiger partial charge in [-0.2, -0.15) is 0 Å². The Labute approximate surface area is 126 Å². The molecule has 1 aromatic rings. The second-order valence-corrected chi connectivity index (χ2v) is 6.21. The van der Waals surface area contributed by atoms with Crippen LogP contribution >= 0.6 is 7.60 Å². The van der Waals surface area contributed by atoms with Gasteiger partial charge in [-0.25, -0.2) is 0 Å². The maximum atomic E-state index is 12.2. The molecule has 0 spiro atoms. The van der Waals surface area contributed by atoms with Crippen LogP contribution in [0.5, 0.6) is 0 Å². The van der Waals surface area contributed by atoms with E-state index in [1.807, 2.05) is 18.2 Å². The molecule has 21 heavy (non-hydrogen) atoms. The largest absolute Gasteiger partial charge is 0.353 e. The fourth-order valence-electron chi connectivity index (χ4n) is 1.70. The summed E-state index contributed by atoms with van der Waals surface area (Å²) in [5.74, 6) is 1.32. The van der Waals surface area contributed by atoms with Crippen LogP contribution in [0.4, 0.5) is 0 Å². The number of carbonyl (C=O) groups is 1. The average Bonchev–Trinajstić information content (AvgIpc) is 2.47. The van der Waals surface area contributed by atoms with Crippen LogP contribution in [0.3, 0.4) is 0 Å². The molecule has 0 fully saturated rings. The molecule has 6 heteroatoms. The summed E-state index contributed by atoms with van der Waals surface area (Å²) in [6.45, 7) is 4.45. The summed E-state index contributed by atoms with van der Waals surface area (Å²) in [5.41, 5.74) is 0.617. The fourth-order valence-corrected chi connectivity index (χ4v) is 3.02. The number of nitrogens with zero attached hydrogens (tertiary/aromatic N) is 1. The lowest BCUT2D eigenvalue weighted by molar-refractivity contribution is 0.0810. The topological polar surface area (TPSA) is 55.8 Å². The summed E-state index contributed by atoms with van der Waals surface area (Å²) in [5, 5.41) is 0. The zero-order chi connectivity index (χ0) is 15.7. The first-order chi connectivity index (χ1) is 10.0. The third kappa shape index (κ3) is 5.84. The van der Waals surface area contributed by atoms with Gasteiger partial charge in [0, 0.05) is 25.0 Å². The maximum absolute atomic E-state index is 12.2. The molecule has 0 atom stereocenters. The highest BCUT2D eigenvalue weighted by Crippen LogP contribution is 2.49. The number of likely N-dealkylation sites (N-methyl/N-ethyl adjacent to an activating group) is 1. The molecule has 0 aliphatic heterocycles. The molecule has 5 nitrogen and oxygen atoms in total. The molecular formula is C15H22NO4P. The van der Waals surface area contributed by atoms with Gasteiger partial charge in [-0.05, 0) is 26.0 Å². The van der Waals surface area contributed by atoms with E-state index in [0.29, 0.717) is 25.3 Å². The van der Waals surface area contributed by atoms with Crippen molar-refractivity contribution >= 4 is 13.5 Å². The Kier molecular flexibility index (Phi) is 7.37. The Morgan fingerprint density at radius 3 is 2.29 bits per heavy atom. The van der Waals surface area contributed by atoms with Crippen LogP contribution in [0.1, 0.15) is 24.2 Å². The van der Waals surface area contributed by atoms with Gasteiger partial charge in [0.1, 0.15) is 0 Å². The summed E-state index contributed by atoms with van der Waals surface area (Å²) in [6, 6.07) is 9.00. The van der Waals surface area contributed by atoms with Crippen molar-refractivity contribution in [1.29, 1.82) is 0 Å². The second kappa shape index (κ2) is 8.78. The molecule has 0 bridgehead atoms. The number of carbonyl (C=O) groups excluding carboxylic acids is 1. The predicted octanol–water partition coefficient (Wildman–Crippen LogP) is 3.54. The molecule has 1 aromatic carbocycles. The number of hydrogen-bond donors (Lipinski definition) is 0. The zero-order valence-electron chi connectivity index (χ0n) is 12.7. The second-order valence-electron chi connectivity index (χ2n) is 4.31. The molecule has 0 aliphatic carbocycles. The molecule has 0 radical (unpaired) electrons. The van der Waals surface area contributed by atoms with Gasteiger partial charge < -0.3 is 13.9 Å². The van der Waals surface area contributed by atoms with Crippen molar-refractivity contribution in [2.75, 3.05) is 26.8 Å². The fraction of sp³-hybridized carbons (Fsp3) is 0.400. The molecule has 1 rings (SSSR count). The minimum absolute atomic E-state index is 0.0945. The number of amides is 1. The molecule has 0 N–H and O–H groups in total. The first-order valence-electron chi connectivity index (χ1n) is 6.89. The highest BCUT2D eigenvalue weighted by atomic mass is 31.2. The van der Waals surface area contributed by atoms with Crippen molar-refractivity contribution in [2.24, 2.45) is 0 Å². The quantitative estimate of drug-likeness (QED) is 0.689. The summed E-state index contributed by atoms with van der Waals surface area (Å²) in [4.78, 5) is 13.6. The summed E-state index contributed by atoms with van der Waals surface area (Å²) in [6.07, 6.45) is 1.63. The van der Waals surface area contributed by atoms with Crippen molar-refractivity contribution in [3.05, 3.63) is 47.8 Å². The first-order valence-corrected chi connectivity index (χ1v) is 8.50. The van der Waals surface area contributed by atoms with Crippen LogP contribution in [0.2, 0.25) is 0 Å². The van der Waals surface area contributed by atoms with E-state index in [1.165, 1.54) is 10.7 Å². The van der Waals surface area contributed by atoms with Crippen molar-refractivity contribution in [3.63, 3.8) is 0 Å². The minimum Gasteiger partial charge on any atom is -0.338 e. The SMILES string of the molecule is CCOP(=O)(/C=C/CN(C)C(=O)c1ccccc1)OCC. The third-order valence-corrected chi connectivity index (χ3v) is 4.46. The highest BCUT2D eigenvalue weighted by molar-refractivity contribution is 7.57. The van der Waals surface area contributed by atoms with Crippen molar-refractivity contribution in [1.82, 2.24) is 4.90 Å². The Balaban J connectivity index is 2.62. The van der Waals surface area contributed by atoms with Crippen molar-refractivity contribution < 1.29 is 18.4 Å². The van der Waals surface area contributed by atoms with Crippen molar-refractivity contribution in [3.8, 4) is 0 Å². The van der Waals surface area contributed by atoms with Crippen LogP contribution in [-0.2, 0) is 13.6 Å². The lowest BCUT2D eigenvalue weighted by Crippen LogP contribution is -2.26. The van der Waals surface area contributed by atoms with Gasteiger partial charge in [-0.15, -0.1) is 0 Å². The molecule has 0 saturated heterocycles. The summed E-state index contributed by atoms with van der Waals surface area (Å²) >= 11 is 0. The van der Waals surface area contributed by atoms with Crippen LogP contribution < -0.4 is 0 Å². The lowest BCUT2D eigenvalue weighted by atomic mass is 10.2. The normalized spacial score (nSPS) is 11.8. The van der Waals surface area contributed by atoms with Crippen molar-refractivity contribution in [2.45, 2.75) is 13.8 Å². The van der Waals surface area contributed by atoms with Gasteiger partial charge in [-0.3, -0.25) is 9.36 Å². The van der Waals surface area contributed by atoms with E-state index in [2.05, 4.69) is 0 Å². The van der Waals surface area contributed by atoms with Crippen LogP contribution in [0.15, 0.2) is 42.2 Å². The Bertz CT molecular complexity index is 506. The van der Waals surface area contributed by atoms with Gasteiger partial charge in [0.05, 0.1) is 13.2 Å². The number of benzene rings is 1. The smallest absolute Gasteiger partial charge is 0.338 e. The maximum Gasteiger partial charge on any atom is 0.353 e. The van der Waals surface area contributed by atoms with Crippen LogP contribution in [0, 0.1) is 0 Å². The minimum atomic E-state index is -3.20. The van der Waals surface area contributed by atoms with Gasteiger partial charge in [-0.1, -0.05) is 24.3 Å². The van der Waals surface area contributed by atoms with Crippen LogP contribution in [0.25, 0.3) is 0 Å². The van der Waals surface area contributed by atoms with E-state index in [1.54, 1.807) is 39.1 Å². The molecule has 0 aliphatic rings. The molecule has 116 valence electrons. The van der Waals surface area contributed by atoms with E-state index in [4.69, 9.17) is 9.05 Å². The van der Waals surface area contributed by atoms with E-state index >= 15 is 0 Å². The molecule has 0 heterocycles. The van der Waals surface area contributed by atoms with Gasteiger partial charge in [0.15, 0.2) is 0 Å². The predicted molar refractivity (Wildman–Crippen MR) is 83.4 cm³/mol. The standard InChI is InChI=1S/C15H22NO4P/c1-4-19-21(18,20-5-2)13-9-12-16(3)15(17)14-10-7-6-8-11-14/h6-11,13H,4-5,12H2,1-3H3/b13-9+. The lowest BCUT2D eigenvalue weighted by Gasteiger charge is -2.16. The van der Waals surface area contributed by atoms with E-state index in [-0.39, 0.29) is 5.91 Å². The van der Waals surface area contributed by atoms with E-state index < -0.39 is 7.60 Å². The van der Waals surface area contributed by atoms with Gasteiger partial charge in [0.25, 0.3) is 5.91 Å². The first kappa shape index (κ1) is 17.6. The monoisotopic (exact) mass is 311 g/mol. The van der Waals surface area contributed by atoms with Crippen LogP contribution in [-0.4, -0.2) is 37.6 Å². The molecular weight excluding hydrogens is 289 g/mol. The molecule has 1 amide bonds. The summed E-state index contributed by atoms with van der Waals surface area (Å²) in [7, 11) is -1.51. The molecule has 0 unspecified atom stereocenters. The number of hydrogen-bond acceptors (Lipinski definition) is 4. The average molecular weight is 311 g/mol. The third-order valence-electron chi connectivity index (χ3n) is 2.65. The van der Waals surface area contributed by atoms with Gasteiger partial charge in [0.2, 0.25) is 0 Å². The van der Waals surface area contributed by atoms with E-state index in [9.17, 15) is 9.36 Å². The zero-order valence-corrected chi connectivity index (χ0v) is 13.6. The Morgan fingerprint density at radius 1 is 1.19 bits per heavy atom. The van der Waals surface area contributed by atoms with E-state index in [0.717, 1.165) is 0 Å². The Hall–Kier alpha value is -1.42. The molecule has 0 aromatic heterocycles. The molecule has 0 saturated carbocycles. The number of rotatable bonds is 8. The summed E-state index contributed by atoms with van der Waals surface area (Å²) < 4.78 is 22.5. The van der Waals surface area contributed by atoms with Gasteiger partial charge >= 0.3 is 7.60 Å². The highest BCUT2D eigenvalue weighted by Gasteiger charge is 2.19.